The van der Waals surface area contributed by atoms with Gasteiger partial charge < -0.3 is 10.4 Å². The fourth-order valence-corrected chi connectivity index (χ4v) is 2.46. The Morgan fingerprint density at radius 3 is 2.86 bits per heavy atom. The summed E-state index contributed by atoms with van der Waals surface area (Å²) >= 11 is 1.01. The van der Waals surface area contributed by atoms with E-state index in [0.717, 1.165) is 11.3 Å². The Kier molecular flexibility index (Phi) is 4.43. The highest BCUT2D eigenvalue weighted by Crippen LogP contribution is 2.17. The van der Waals surface area contributed by atoms with Crippen LogP contribution in [-0.2, 0) is 17.9 Å². The second-order valence-corrected chi connectivity index (χ2v) is 5.22. The Morgan fingerprint density at radius 1 is 1.48 bits per heavy atom. The van der Waals surface area contributed by atoms with Gasteiger partial charge in [0.25, 0.3) is 0 Å². The zero-order valence-corrected chi connectivity index (χ0v) is 11.9. The molecule has 110 valence electrons. The fourth-order valence-electron chi connectivity index (χ4n) is 1.62. The van der Waals surface area contributed by atoms with Crippen LogP contribution >= 0.6 is 11.3 Å². The van der Waals surface area contributed by atoms with E-state index in [4.69, 9.17) is 5.11 Å². The van der Waals surface area contributed by atoms with Crippen molar-refractivity contribution in [3.63, 3.8) is 0 Å². The van der Waals surface area contributed by atoms with Crippen LogP contribution in [-0.4, -0.2) is 31.5 Å². The molecular weight excluding hydrogens is 296 g/mol. The van der Waals surface area contributed by atoms with Crippen molar-refractivity contribution < 1.29 is 14.7 Å². The highest BCUT2D eigenvalue weighted by Gasteiger charge is 2.14. The third-order valence-electron chi connectivity index (χ3n) is 2.57. The van der Waals surface area contributed by atoms with Crippen molar-refractivity contribution in [2.45, 2.75) is 20.0 Å². The van der Waals surface area contributed by atoms with Gasteiger partial charge in [-0.3, -0.25) is 9.36 Å². The van der Waals surface area contributed by atoms with Crippen molar-refractivity contribution in [1.29, 1.82) is 0 Å². The number of thiazole rings is 1. The first-order valence-electron chi connectivity index (χ1n) is 5.95. The number of hydrogen-bond acceptors (Lipinski definition) is 6. The summed E-state index contributed by atoms with van der Waals surface area (Å²) in [5, 5.41) is 12.0. The minimum atomic E-state index is -1.04. The lowest BCUT2D eigenvalue weighted by molar-refractivity contribution is -0.121. The maximum Gasteiger partial charge on any atom is 0.347 e. The van der Waals surface area contributed by atoms with Crippen LogP contribution in [0.2, 0.25) is 0 Å². The maximum atomic E-state index is 11.7. The number of nitrogens with one attached hydrogen (secondary N) is 1. The number of carbonyl (C=O) groups is 2. The van der Waals surface area contributed by atoms with Crippen molar-refractivity contribution in [3.8, 4) is 0 Å². The number of carboxylic acid groups (broad SMARTS) is 1. The van der Waals surface area contributed by atoms with Gasteiger partial charge in [-0.15, -0.1) is 11.3 Å². The Bertz CT molecular complexity index is 737. The van der Waals surface area contributed by atoms with Gasteiger partial charge in [-0.1, -0.05) is 0 Å². The van der Waals surface area contributed by atoms with Crippen LogP contribution in [0.3, 0.4) is 0 Å². The summed E-state index contributed by atoms with van der Waals surface area (Å²) in [6.45, 7) is 1.57. The van der Waals surface area contributed by atoms with Crippen molar-refractivity contribution in [2.75, 3.05) is 0 Å². The van der Waals surface area contributed by atoms with Crippen LogP contribution in [0.4, 0.5) is 0 Å². The quantitative estimate of drug-likeness (QED) is 0.805. The molecule has 0 bridgehead atoms. The molecule has 0 atom stereocenters. The molecule has 2 N–H and O–H groups in total. The molecule has 2 rings (SSSR count). The van der Waals surface area contributed by atoms with E-state index in [1.807, 2.05) is 0 Å². The average Bonchev–Trinajstić information content (AvgIpc) is 2.80. The molecule has 0 aliphatic rings. The number of hydrogen-bond donors (Lipinski definition) is 2. The molecule has 0 aliphatic heterocycles. The fraction of sp³-hybridized carbons (Fsp3) is 0.250. The van der Waals surface area contributed by atoms with Gasteiger partial charge in [0.1, 0.15) is 16.4 Å². The third kappa shape index (κ3) is 3.72. The Hall–Kier alpha value is -2.55. The number of nitrogens with zero attached hydrogens (tertiary/aromatic N) is 3. The van der Waals surface area contributed by atoms with E-state index in [1.54, 1.807) is 13.0 Å². The summed E-state index contributed by atoms with van der Waals surface area (Å²) in [6, 6.07) is 1.55. The van der Waals surface area contributed by atoms with Crippen molar-refractivity contribution >= 4 is 23.2 Å². The summed E-state index contributed by atoms with van der Waals surface area (Å²) in [6.07, 6.45) is 2.81. The van der Waals surface area contributed by atoms with E-state index in [-0.39, 0.29) is 23.9 Å². The molecule has 0 aromatic carbocycles. The summed E-state index contributed by atoms with van der Waals surface area (Å²) in [5.41, 5.74) is -0.0915. The number of aryl methyl sites for hydroxylation is 1. The van der Waals surface area contributed by atoms with Crippen LogP contribution in [0.1, 0.15) is 20.4 Å². The number of rotatable bonds is 5. The SMILES string of the molecule is Cc1nc(CNC(=O)Cn2cccnc2=O)sc1C(=O)O. The number of carboxylic acids is 1. The molecule has 0 saturated heterocycles. The predicted molar refractivity (Wildman–Crippen MR) is 74.2 cm³/mol. The Balaban J connectivity index is 1.96. The molecule has 0 saturated carbocycles. The van der Waals surface area contributed by atoms with E-state index in [2.05, 4.69) is 15.3 Å². The summed E-state index contributed by atoms with van der Waals surface area (Å²) < 4.78 is 1.17. The van der Waals surface area contributed by atoms with Gasteiger partial charge in [0, 0.05) is 12.4 Å². The molecule has 0 unspecified atom stereocenters. The predicted octanol–water partition coefficient (Wildman–Crippen LogP) is 0.0228. The zero-order chi connectivity index (χ0) is 15.4. The van der Waals surface area contributed by atoms with Crippen LogP contribution in [0, 0.1) is 6.92 Å². The van der Waals surface area contributed by atoms with Gasteiger partial charge in [0.2, 0.25) is 5.91 Å². The molecule has 2 aromatic heterocycles. The zero-order valence-electron chi connectivity index (χ0n) is 11.1. The van der Waals surface area contributed by atoms with E-state index in [9.17, 15) is 14.4 Å². The van der Waals surface area contributed by atoms with E-state index < -0.39 is 11.7 Å². The molecule has 2 aromatic rings. The minimum absolute atomic E-state index is 0.118. The van der Waals surface area contributed by atoms with Crippen LogP contribution in [0.25, 0.3) is 0 Å². The lowest BCUT2D eigenvalue weighted by Crippen LogP contribution is -2.32. The van der Waals surface area contributed by atoms with Crippen LogP contribution in [0.15, 0.2) is 23.3 Å². The summed E-state index contributed by atoms with van der Waals surface area (Å²) in [7, 11) is 0. The first-order chi connectivity index (χ1) is 9.97. The largest absolute Gasteiger partial charge is 0.477 e. The second kappa shape index (κ2) is 6.27. The van der Waals surface area contributed by atoms with Gasteiger partial charge in [-0.05, 0) is 13.0 Å². The van der Waals surface area contributed by atoms with Crippen LogP contribution < -0.4 is 11.0 Å². The third-order valence-corrected chi connectivity index (χ3v) is 3.71. The monoisotopic (exact) mass is 308 g/mol. The molecule has 21 heavy (non-hydrogen) atoms. The van der Waals surface area contributed by atoms with E-state index in [1.165, 1.54) is 17.0 Å². The first-order valence-corrected chi connectivity index (χ1v) is 6.77. The molecule has 8 nitrogen and oxygen atoms in total. The second-order valence-electron chi connectivity index (χ2n) is 4.13. The van der Waals surface area contributed by atoms with E-state index >= 15 is 0 Å². The number of amides is 1. The molecule has 0 aliphatic carbocycles. The standard InChI is InChI=1S/C12H12N4O4S/c1-7-10(11(18)19)21-9(15-7)5-14-8(17)6-16-4-2-3-13-12(16)20/h2-4H,5-6H2,1H3,(H,14,17)(H,18,19). The Labute approximate surface area is 123 Å². The lowest BCUT2D eigenvalue weighted by Gasteiger charge is -2.04. The van der Waals surface area contributed by atoms with Gasteiger partial charge in [-0.2, -0.15) is 0 Å². The summed E-state index contributed by atoms with van der Waals surface area (Å²) in [5.74, 6) is -1.42. The summed E-state index contributed by atoms with van der Waals surface area (Å²) in [4.78, 5) is 41.7. The Morgan fingerprint density at radius 2 is 2.24 bits per heavy atom. The normalized spacial score (nSPS) is 10.3. The van der Waals surface area contributed by atoms with Crippen molar-refractivity contribution in [2.24, 2.45) is 0 Å². The molecule has 2 heterocycles. The van der Waals surface area contributed by atoms with Crippen molar-refractivity contribution in [3.05, 3.63) is 44.5 Å². The number of aromatic nitrogens is 3. The van der Waals surface area contributed by atoms with Gasteiger partial charge in [-0.25, -0.2) is 19.6 Å². The molecule has 1 amide bonds. The molecular formula is C12H12N4O4S. The van der Waals surface area contributed by atoms with Gasteiger partial charge >= 0.3 is 11.7 Å². The lowest BCUT2D eigenvalue weighted by atomic mass is 10.4. The highest BCUT2D eigenvalue weighted by molar-refractivity contribution is 7.13. The highest BCUT2D eigenvalue weighted by atomic mass is 32.1. The first kappa shape index (κ1) is 14.9. The molecule has 0 fully saturated rings. The number of aromatic carboxylic acids is 1. The smallest absolute Gasteiger partial charge is 0.347 e. The number of carbonyl (C=O) groups excluding carboxylic acids is 1. The minimum Gasteiger partial charge on any atom is -0.477 e. The topological polar surface area (TPSA) is 114 Å². The van der Waals surface area contributed by atoms with Crippen LogP contribution in [0.5, 0.6) is 0 Å². The van der Waals surface area contributed by atoms with E-state index in [0.29, 0.717) is 10.7 Å². The van der Waals surface area contributed by atoms with Crippen molar-refractivity contribution in [1.82, 2.24) is 19.9 Å². The van der Waals surface area contributed by atoms with Gasteiger partial charge in [0.15, 0.2) is 0 Å². The molecule has 9 heteroatoms. The van der Waals surface area contributed by atoms with Gasteiger partial charge in [0.05, 0.1) is 12.2 Å². The maximum absolute atomic E-state index is 11.7. The average molecular weight is 308 g/mol. The molecule has 0 radical (unpaired) electrons. The molecule has 0 spiro atoms.